The molecule has 96 valence electrons. The molecule has 0 aliphatic rings. The number of benzene rings is 1. The number of hydrogen-bond donors (Lipinski definition) is 3. The van der Waals surface area contributed by atoms with Crippen molar-refractivity contribution in [1.82, 2.24) is 10.3 Å². The molecule has 1 unspecified atom stereocenters. The third-order valence-corrected chi connectivity index (χ3v) is 3.70. The van der Waals surface area contributed by atoms with Crippen LogP contribution in [0.1, 0.15) is 23.4 Å². The molecule has 0 saturated carbocycles. The van der Waals surface area contributed by atoms with Gasteiger partial charge in [-0.15, -0.1) is 11.3 Å². The largest absolute Gasteiger partial charge is 0.504 e. The maximum absolute atomic E-state index is 9.37. The minimum Gasteiger partial charge on any atom is -0.504 e. The van der Waals surface area contributed by atoms with Crippen molar-refractivity contribution in [2.75, 3.05) is 6.54 Å². The molecule has 1 aromatic heterocycles. The minimum atomic E-state index is -0.0881. The number of hydrogen-bond acceptors (Lipinski definition) is 5. The molecule has 3 N–H and O–H groups in total. The van der Waals surface area contributed by atoms with Gasteiger partial charge in [0, 0.05) is 30.6 Å². The fraction of sp³-hybridized carbons (Fsp3) is 0.308. The molecule has 5 heteroatoms. The Morgan fingerprint density at radius 3 is 2.83 bits per heavy atom. The molecule has 0 spiro atoms. The van der Waals surface area contributed by atoms with E-state index in [2.05, 4.69) is 17.2 Å². The van der Waals surface area contributed by atoms with E-state index < -0.39 is 0 Å². The Morgan fingerprint density at radius 1 is 1.33 bits per heavy atom. The van der Waals surface area contributed by atoms with Gasteiger partial charge in [-0.3, -0.25) is 0 Å². The second-order valence-corrected chi connectivity index (χ2v) is 5.15. The van der Waals surface area contributed by atoms with Crippen molar-refractivity contribution in [3.8, 4) is 11.5 Å². The normalized spacial score (nSPS) is 12.5. The Kier molecular flexibility index (Phi) is 4.17. The zero-order chi connectivity index (χ0) is 13.0. The topological polar surface area (TPSA) is 65.4 Å². The lowest BCUT2D eigenvalue weighted by atomic mass is 10.1. The Balaban J connectivity index is 1.83. The molecule has 0 amide bonds. The van der Waals surface area contributed by atoms with E-state index >= 15 is 0 Å². The Morgan fingerprint density at radius 2 is 2.17 bits per heavy atom. The van der Waals surface area contributed by atoms with Crippen LogP contribution in [0.5, 0.6) is 11.5 Å². The van der Waals surface area contributed by atoms with E-state index in [1.165, 1.54) is 6.07 Å². The van der Waals surface area contributed by atoms with Gasteiger partial charge >= 0.3 is 0 Å². The average molecular weight is 264 g/mol. The number of phenols is 2. The average Bonchev–Trinajstić information content (AvgIpc) is 2.87. The van der Waals surface area contributed by atoms with E-state index in [9.17, 15) is 10.2 Å². The van der Waals surface area contributed by atoms with Crippen molar-refractivity contribution in [3.63, 3.8) is 0 Å². The van der Waals surface area contributed by atoms with Crippen molar-refractivity contribution >= 4 is 11.3 Å². The maximum Gasteiger partial charge on any atom is 0.157 e. The SMILES string of the molecule is CC(CNCc1ccc(O)c(O)c1)c1nccs1. The van der Waals surface area contributed by atoms with Crippen LogP contribution in [0.2, 0.25) is 0 Å². The smallest absolute Gasteiger partial charge is 0.157 e. The standard InChI is InChI=1S/C13H16N2O2S/c1-9(13-15-4-5-18-13)7-14-8-10-2-3-11(16)12(17)6-10/h2-6,9,14,16-17H,7-8H2,1H3. The molecule has 2 rings (SSSR count). The van der Waals surface area contributed by atoms with Gasteiger partial charge in [-0.2, -0.15) is 0 Å². The van der Waals surface area contributed by atoms with Gasteiger partial charge in [0.05, 0.1) is 5.01 Å². The number of aromatic nitrogens is 1. The van der Waals surface area contributed by atoms with Crippen LogP contribution in [0.4, 0.5) is 0 Å². The highest BCUT2D eigenvalue weighted by Crippen LogP contribution is 2.24. The third kappa shape index (κ3) is 3.21. The van der Waals surface area contributed by atoms with Gasteiger partial charge in [0.2, 0.25) is 0 Å². The Bertz CT molecular complexity index is 500. The number of aromatic hydroxyl groups is 2. The van der Waals surface area contributed by atoms with Crippen LogP contribution in [0.3, 0.4) is 0 Å². The molecule has 0 aliphatic carbocycles. The molecule has 1 aromatic carbocycles. The highest BCUT2D eigenvalue weighted by molar-refractivity contribution is 7.09. The number of nitrogens with zero attached hydrogens (tertiary/aromatic N) is 1. The van der Waals surface area contributed by atoms with Gasteiger partial charge in [0.25, 0.3) is 0 Å². The molecular weight excluding hydrogens is 248 g/mol. The van der Waals surface area contributed by atoms with Crippen LogP contribution >= 0.6 is 11.3 Å². The van der Waals surface area contributed by atoms with E-state index in [0.717, 1.165) is 17.1 Å². The molecule has 0 aliphatic heterocycles. The lowest BCUT2D eigenvalue weighted by Crippen LogP contribution is -2.19. The van der Waals surface area contributed by atoms with Gasteiger partial charge in [-0.1, -0.05) is 13.0 Å². The van der Waals surface area contributed by atoms with E-state index in [0.29, 0.717) is 12.5 Å². The van der Waals surface area contributed by atoms with Crippen LogP contribution in [-0.2, 0) is 6.54 Å². The molecular formula is C13H16N2O2S. The summed E-state index contributed by atoms with van der Waals surface area (Å²) in [7, 11) is 0. The summed E-state index contributed by atoms with van der Waals surface area (Å²) in [5.74, 6) is 0.202. The third-order valence-electron chi connectivity index (χ3n) is 2.69. The summed E-state index contributed by atoms with van der Waals surface area (Å²) in [6.45, 7) is 3.61. The molecule has 18 heavy (non-hydrogen) atoms. The van der Waals surface area contributed by atoms with Crippen molar-refractivity contribution in [3.05, 3.63) is 40.3 Å². The first-order valence-corrected chi connectivity index (χ1v) is 6.65. The summed E-state index contributed by atoms with van der Waals surface area (Å²) < 4.78 is 0. The van der Waals surface area contributed by atoms with Gasteiger partial charge in [0.1, 0.15) is 0 Å². The molecule has 0 fully saturated rings. The fourth-order valence-electron chi connectivity index (χ4n) is 1.68. The molecule has 1 heterocycles. The summed E-state index contributed by atoms with van der Waals surface area (Å²) in [5.41, 5.74) is 0.941. The molecule has 0 radical (unpaired) electrons. The highest BCUT2D eigenvalue weighted by atomic mass is 32.1. The number of rotatable bonds is 5. The number of nitrogens with one attached hydrogen (secondary N) is 1. The number of thiazole rings is 1. The monoisotopic (exact) mass is 264 g/mol. The second kappa shape index (κ2) is 5.84. The van der Waals surface area contributed by atoms with Gasteiger partial charge < -0.3 is 15.5 Å². The van der Waals surface area contributed by atoms with E-state index in [4.69, 9.17) is 0 Å². The van der Waals surface area contributed by atoms with Crippen molar-refractivity contribution in [1.29, 1.82) is 0 Å². The molecule has 4 nitrogen and oxygen atoms in total. The molecule has 0 saturated heterocycles. The summed E-state index contributed by atoms with van der Waals surface area (Å²) in [4.78, 5) is 4.27. The zero-order valence-electron chi connectivity index (χ0n) is 10.1. The van der Waals surface area contributed by atoms with Crippen LogP contribution < -0.4 is 5.32 Å². The van der Waals surface area contributed by atoms with Crippen molar-refractivity contribution in [2.24, 2.45) is 0 Å². The van der Waals surface area contributed by atoms with Crippen molar-refractivity contribution < 1.29 is 10.2 Å². The van der Waals surface area contributed by atoms with E-state index in [-0.39, 0.29) is 11.5 Å². The maximum atomic E-state index is 9.37. The van der Waals surface area contributed by atoms with Gasteiger partial charge in [-0.05, 0) is 17.7 Å². The van der Waals surface area contributed by atoms with Crippen LogP contribution in [0.15, 0.2) is 29.8 Å². The predicted molar refractivity (Wildman–Crippen MR) is 72.0 cm³/mol. The first kappa shape index (κ1) is 12.9. The molecule has 2 aromatic rings. The zero-order valence-corrected chi connectivity index (χ0v) is 10.9. The van der Waals surface area contributed by atoms with Gasteiger partial charge in [0.15, 0.2) is 11.5 Å². The summed E-state index contributed by atoms with van der Waals surface area (Å²) in [6, 6.07) is 4.85. The second-order valence-electron chi connectivity index (χ2n) is 4.23. The van der Waals surface area contributed by atoms with E-state index in [1.54, 1.807) is 23.5 Å². The lowest BCUT2D eigenvalue weighted by molar-refractivity contribution is 0.403. The van der Waals surface area contributed by atoms with Crippen LogP contribution in [0, 0.1) is 0 Å². The summed E-state index contributed by atoms with van der Waals surface area (Å²) in [6.07, 6.45) is 1.81. The highest BCUT2D eigenvalue weighted by Gasteiger charge is 2.07. The number of phenolic OH excluding ortho intramolecular Hbond substituents is 2. The first-order valence-electron chi connectivity index (χ1n) is 5.78. The Labute approximate surface area is 110 Å². The predicted octanol–water partition coefficient (Wildman–Crippen LogP) is 2.45. The minimum absolute atomic E-state index is 0.0812. The summed E-state index contributed by atoms with van der Waals surface area (Å²) in [5, 5.41) is 25.0. The fourth-order valence-corrected chi connectivity index (χ4v) is 2.38. The Hall–Kier alpha value is -1.59. The van der Waals surface area contributed by atoms with E-state index in [1.807, 2.05) is 11.6 Å². The quantitative estimate of drug-likeness (QED) is 0.726. The van der Waals surface area contributed by atoms with Crippen molar-refractivity contribution in [2.45, 2.75) is 19.4 Å². The molecule has 1 atom stereocenters. The first-order chi connectivity index (χ1) is 8.66. The van der Waals surface area contributed by atoms with Gasteiger partial charge in [-0.25, -0.2) is 4.98 Å². The molecule has 0 bridgehead atoms. The van der Waals surface area contributed by atoms with Crippen LogP contribution in [0.25, 0.3) is 0 Å². The van der Waals surface area contributed by atoms with Crippen LogP contribution in [-0.4, -0.2) is 21.7 Å². The summed E-state index contributed by atoms with van der Waals surface area (Å²) >= 11 is 1.66. The lowest BCUT2D eigenvalue weighted by Gasteiger charge is -2.10.